The van der Waals surface area contributed by atoms with Gasteiger partial charge in [0.2, 0.25) is 0 Å². The van der Waals surface area contributed by atoms with Crippen molar-refractivity contribution in [2.75, 3.05) is 0 Å². The molecule has 0 radical (unpaired) electrons. The predicted molar refractivity (Wildman–Crippen MR) is 73.4 cm³/mol. The fourth-order valence-corrected chi connectivity index (χ4v) is 1.76. The SMILES string of the molecule is C=C/C(=C\C=C/C)c1ccccc1CCC. The van der Waals surface area contributed by atoms with Crippen LogP contribution in [0.2, 0.25) is 0 Å². The normalized spacial score (nSPS) is 12.0. The lowest BCUT2D eigenvalue weighted by molar-refractivity contribution is 0.919. The van der Waals surface area contributed by atoms with Crippen molar-refractivity contribution in [3.05, 3.63) is 66.3 Å². The van der Waals surface area contributed by atoms with Crippen molar-refractivity contribution in [2.24, 2.45) is 0 Å². The number of rotatable bonds is 5. The third kappa shape index (κ3) is 3.23. The molecule has 0 heteroatoms. The third-order valence-electron chi connectivity index (χ3n) is 2.54. The van der Waals surface area contributed by atoms with Gasteiger partial charge < -0.3 is 0 Å². The molecule has 0 saturated heterocycles. The highest BCUT2D eigenvalue weighted by Gasteiger charge is 2.02. The van der Waals surface area contributed by atoms with Gasteiger partial charge in [0.25, 0.3) is 0 Å². The van der Waals surface area contributed by atoms with Gasteiger partial charge in [-0.15, -0.1) is 0 Å². The van der Waals surface area contributed by atoms with Crippen molar-refractivity contribution in [1.82, 2.24) is 0 Å². The summed E-state index contributed by atoms with van der Waals surface area (Å²) in [7, 11) is 0. The molecule has 0 N–H and O–H groups in total. The highest BCUT2D eigenvalue weighted by atomic mass is 14.1. The maximum Gasteiger partial charge on any atom is -0.0152 e. The minimum Gasteiger partial charge on any atom is -0.0984 e. The summed E-state index contributed by atoms with van der Waals surface area (Å²) in [6.45, 7) is 8.12. The quantitative estimate of drug-likeness (QED) is 0.616. The van der Waals surface area contributed by atoms with E-state index in [0.29, 0.717) is 0 Å². The smallest absolute Gasteiger partial charge is 0.0152 e. The Morgan fingerprint density at radius 2 is 2.06 bits per heavy atom. The summed E-state index contributed by atoms with van der Waals surface area (Å²) < 4.78 is 0. The number of hydrogen-bond donors (Lipinski definition) is 0. The van der Waals surface area contributed by atoms with Gasteiger partial charge in [-0.25, -0.2) is 0 Å². The highest BCUT2D eigenvalue weighted by Crippen LogP contribution is 2.21. The van der Waals surface area contributed by atoms with E-state index in [0.717, 1.165) is 6.42 Å². The van der Waals surface area contributed by atoms with Crippen molar-refractivity contribution >= 4 is 5.57 Å². The van der Waals surface area contributed by atoms with Crippen molar-refractivity contribution in [2.45, 2.75) is 26.7 Å². The number of benzene rings is 1. The zero-order valence-electron chi connectivity index (χ0n) is 10.2. The molecule has 84 valence electrons. The Labute approximate surface area is 99.0 Å². The van der Waals surface area contributed by atoms with Gasteiger partial charge in [0.15, 0.2) is 0 Å². The Morgan fingerprint density at radius 1 is 1.31 bits per heavy atom. The molecular formula is C16H20. The van der Waals surface area contributed by atoms with Crippen LogP contribution in [0.1, 0.15) is 31.4 Å². The lowest BCUT2D eigenvalue weighted by atomic mass is 9.96. The van der Waals surface area contributed by atoms with Crippen LogP contribution in [-0.4, -0.2) is 0 Å². The molecule has 0 saturated carbocycles. The maximum atomic E-state index is 3.89. The molecule has 0 bridgehead atoms. The molecule has 1 aromatic carbocycles. The van der Waals surface area contributed by atoms with E-state index >= 15 is 0 Å². The van der Waals surface area contributed by atoms with Gasteiger partial charge >= 0.3 is 0 Å². The zero-order valence-corrected chi connectivity index (χ0v) is 10.2. The summed E-state index contributed by atoms with van der Waals surface area (Å²) in [5, 5.41) is 0. The highest BCUT2D eigenvalue weighted by molar-refractivity contribution is 5.76. The Balaban J connectivity index is 3.13. The second-order valence-corrected chi connectivity index (χ2v) is 3.76. The molecule has 1 aromatic rings. The standard InChI is InChI=1S/C16H20/c1-4-7-11-14(6-3)16-13-9-8-12-15(16)10-5-2/h4,6-9,11-13H,3,5,10H2,1-2H3/b7-4-,14-11+. The van der Waals surface area contributed by atoms with E-state index in [9.17, 15) is 0 Å². The Hall–Kier alpha value is -1.56. The first kappa shape index (κ1) is 12.5. The van der Waals surface area contributed by atoms with Crippen molar-refractivity contribution in [3.63, 3.8) is 0 Å². The Morgan fingerprint density at radius 3 is 2.69 bits per heavy atom. The van der Waals surface area contributed by atoms with E-state index in [1.54, 1.807) is 0 Å². The molecule has 0 heterocycles. The monoisotopic (exact) mass is 212 g/mol. The molecule has 0 unspecified atom stereocenters. The molecule has 0 atom stereocenters. The summed E-state index contributed by atoms with van der Waals surface area (Å²) in [4.78, 5) is 0. The van der Waals surface area contributed by atoms with Crippen LogP contribution in [0.3, 0.4) is 0 Å². The molecule has 0 nitrogen and oxygen atoms in total. The molecule has 0 aliphatic rings. The summed E-state index contributed by atoms with van der Waals surface area (Å²) >= 11 is 0. The second-order valence-electron chi connectivity index (χ2n) is 3.76. The fraction of sp³-hybridized carbons (Fsp3) is 0.250. The van der Waals surface area contributed by atoms with E-state index in [4.69, 9.17) is 0 Å². The van der Waals surface area contributed by atoms with Crippen molar-refractivity contribution in [3.8, 4) is 0 Å². The Kier molecular flexibility index (Phi) is 5.35. The molecule has 0 spiro atoms. The van der Waals surface area contributed by atoms with Gasteiger partial charge in [-0.05, 0) is 30.0 Å². The maximum absolute atomic E-state index is 3.89. The van der Waals surface area contributed by atoms with Crippen LogP contribution >= 0.6 is 0 Å². The first-order valence-corrected chi connectivity index (χ1v) is 5.87. The molecular weight excluding hydrogens is 192 g/mol. The van der Waals surface area contributed by atoms with Crippen LogP contribution in [0.4, 0.5) is 0 Å². The van der Waals surface area contributed by atoms with Crippen LogP contribution < -0.4 is 0 Å². The van der Waals surface area contributed by atoms with Gasteiger partial charge in [-0.1, -0.05) is 68.5 Å². The second kappa shape index (κ2) is 6.84. The van der Waals surface area contributed by atoms with Gasteiger partial charge in [0.05, 0.1) is 0 Å². The first-order chi connectivity index (χ1) is 7.83. The van der Waals surface area contributed by atoms with Gasteiger partial charge in [0.1, 0.15) is 0 Å². The summed E-state index contributed by atoms with van der Waals surface area (Å²) in [5.41, 5.74) is 3.90. The van der Waals surface area contributed by atoms with Crippen LogP contribution in [0, 0.1) is 0 Å². The lowest BCUT2D eigenvalue weighted by Gasteiger charge is -2.08. The van der Waals surface area contributed by atoms with Crippen molar-refractivity contribution in [1.29, 1.82) is 0 Å². The predicted octanol–water partition coefficient (Wildman–Crippen LogP) is 4.78. The minimum atomic E-state index is 1.12. The van der Waals surface area contributed by atoms with Gasteiger partial charge in [0, 0.05) is 0 Å². The van der Waals surface area contributed by atoms with E-state index in [2.05, 4.69) is 49.9 Å². The average molecular weight is 212 g/mol. The molecule has 0 fully saturated rings. The molecule has 0 aliphatic heterocycles. The fourth-order valence-electron chi connectivity index (χ4n) is 1.76. The average Bonchev–Trinajstić information content (AvgIpc) is 2.32. The third-order valence-corrected chi connectivity index (χ3v) is 2.54. The summed E-state index contributed by atoms with van der Waals surface area (Å²) in [6, 6.07) is 8.56. The molecule has 0 aromatic heterocycles. The Bertz CT molecular complexity index is 394. The number of aryl methyl sites for hydroxylation is 1. The summed E-state index contributed by atoms with van der Waals surface area (Å²) in [6.07, 6.45) is 10.4. The van der Waals surface area contributed by atoms with E-state index < -0.39 is 0 Å². The zero-order chi connectivity index (χ0) is 11.8. The molecule has 0 amide bonds. The van der Waals surface area contributed by atoms with Crippen LogP contribution in [0.5, 0.6) is 0 Å². The summed E-state index contributed by atoms with van der Waals surface area (Å²) in [5.74, 6) is 0. The largest absolute Gasteiger partial charge is 0.0984 e. The first-order valence-electron chi connectivity index (χ1n) is 5.87. The lowest BCUT2D eigenvalue weighted by Crippen LogP contribution is -1.91. The topological polar surface area (TPSA) is 0 Å². The van der Waals surface area contributed by atoms with Crippen molar-refractivity contribution < 1.29 is 0 Å². The van der Waals surface area contributed by atoms with E-state index in [-0.39, 0.29) is 0 Å². The van der Waals surface area contributed by atoms with Crippen LogP contribution in [-0.2, 0) is 6.42 Å². The molecule has 1 rings (SSSR count). The van der Waals surface area contributed by atoms with E-state index in [1.165, 1.54) is 23.1 Å². The van der Waals surface area contributed by atoms with Gasteiger partial charge in [-0.3, -0.25) is 0 Å². The molecule has 0 aliphatic carbocycles. The minimum absolute atomic E-state index is 1.12. The van der Waals surface area contributed by atoms with Crippen LogP contribution in [0.25, 0.3) is 5.57 Å². The molecule has 16 heavy (non-hydrogen) atoms. The number of hydrogen-bond acceptors (Lipinski definition) is 0. The van der Waals surface area contributed by atoms with Gasteiger partial charge in [-0.2, -0.15) is 0 Å². The number of allylic oxidation sites excluding steroid dienone is 5. The van der Waals surface area contributed by atoms with E-state index in [1.807, 2.05) is 19.1 Å². The van der Waals surface area contributed by atoms with Crippen LogP contribution in [0.15, 0.2) is 55.1 Å².